The first-order valence-electron chi connectivity index (χ1n) is 11.3. The number of halogens is 3. The maximum Gasteiger partial charge on any atom is 0.322 e. The molecule has 36 heavy (non-hydrogen) atoms. The maximum atomic E-state index is 13.6. The van der Waals surface area contributed by atoms with Crippen LogP contribution in [0.3, 0.4) is 0 Å². The average molecular weight is 508 g/mol. The molecule has 2 bridgehead atoms. The van der Waals surface area contributed by atoms with Crippen LogP contribution in [-0.4, -0.2) is 87.0 Å². The third-order valence-corrected chi connectivity index (χ3v) is 6.72. The van der Waals surface area contributed by atoms with E-state index in [9.17, 15) is 32.7 Å². The summed E-state index contributed by atoms with van der Waals surface area (Å²) < 4.78 is 47.6. The molecule has 192 valence electrons. The van der Waals surface area contributed by atoms with Crippen molar-refractivity contribution in [2.24, 2.45) is 0 Å². The van der Waals surface area contributed by atoms with Crippen LogP contribution >= 0.6 is 0 Å². The number of amides is 3. The lowest BCUT2D eigenvalue weighted by Crippen LogP contribution is -2.68. The minimum absolute atomic E-state index is 0.0446. The number of carboxylic acid groups (broad SMARTS) is 1. The van der Waals surface area contributed by atoms with Crippen LogP contribution in [0.15, 0.2) is 18.3 Å². The van der Waals surface area contributed by atoms with E-state index in [-0.39, 0.29) is 56.5 Å². The van der Waals surface area contributed by atoms with Gasteiger partial charge in [-0.25, -0.2) is 18.0 Å². The zero-order chi connectivity index (χ0) is 25.7. The van der Waals surface area contributed by atoms with E-state index in [2.05, 4.69) is 10.4 Å². The van der Waals surface area contributed by atoms with Gasteiger partial charge < -0.3 is 25.0 Å². The number of benzene rings is 1. The number of piperazine rings is 1. The largest absolute Gasteiger partial charge is 0.480 e. The smallest absolute Gasteiger partial charge is 0.322 e. The number of carboxylic acids is 1. The van der Waals surface area contributed by atoms with Gasteiger partial charge in [0.2, 0.25) is 5.91 Å². The Labute approximate surface area is 203 Å². The lowest BCUT2D eigenvalue weighted by molar-refractivity contribution is -0.149. The number of fused-ring (bicyclic) bond motifs is 3. The molecule has 2 fully saturated rings. The molecule has 2 saturated heterocycles. The van der Waals surface area contributed by atoms with Crippen LogP contribution in [-0.2, 0) is 27.4 Å². The number of rotatable bonds is 4. The van der Waals surface area contributed by atoms with Crippen LogP contribution in [0.1, 0.15) is 12.6 Å². The van der Waals surface area contributed by atoms with E-state index in [1.165, 1.54) is 11.1 Å². The third-order valence-electron chi connectivity index (χ3n) is 6.72. The third kappa shape index (κ3) is 4.15. The van der Waals surface area contributed by atoms with Crippen LogP contribution < -0.4 is 10.2 Å². The maximum absolute atomic E-state index is 13.6. The fourth-order valence-corrected chi connectivity index (χ4v) is 4.93. The van der Waals surface area contributed by atoms with Crippen molar-refractivity contribution in [2.75, 3.05) is 36.5 Å². The van der Waals surface area contributed by atoms with Gasteiger partial charge >= 0.3 is 12.0 Å². The zero-order valence-corrected chi connectivity index (χ0v) is 19.2. The number of nitrogens with zero attached hydrogens (tertiary/aromatic N) is 5. The van der Waals surface area contributed by atoms with Crippen molar-refractivity contribution >= 4 is 29.3 Å². The highest BCUT2D eigenvalue weighted by Gasteiger charge is 2.46. The molecule has 0 spiro atoms. The molecule has 3 atom stereocenters. The molecule has 0 saturated carbocycles. The predicted molar refractivity (Wildman–Crippen MR) is 118 cm³/mol. The summed E-state index contributed by atoms with van der Waals surface area (Å²) >= 11 is 0. The van der Waals surface area contributed by atoms with E-state index in [1.807, 2.05) is 0 Å². The highest BCUT2D eigenvalue weighted by molar-refractivity contribution is 5.99. The van der Waals surface area contributed by atoms with Crippen LogP contribution in [0.25, 0.3) is 0 Å². The second-order valence-corrected chi connectivity index (χ2v) is 9.04. The summed E-state index contributed by atoms with van der Waals surface area (Å²) in [5.41, 5.74) is 0.842. The van der Waals surface area contributed by atoms with Gasteiger partial charge in [0.15, 0.2) is 17.5 Å². The molecule has 2 N–H and O–H groups in total. The Hall–Kier alpha value is -3.65. The summed E-state index contributed by atoms with van der Waals surface area (Å²) in [4.78, 5) is 42.2. The summed E-state index contributed by atoms with van der Waals surface area (Å²) in [5, 5.41) is 16.0. The van der Waals surface area contributed by atoms with Gasteiger partial charge in [0, 0.05) is 24.4 Å². The normalized spacial score (nSPS) is 24.0. The molecule has 0 radical (unpaired) electrons. The van der Waals surface area contributed by atoms with E-state index in [4.69, 9.17) is 4.74 Å². The van der Waals surface area contributed by atoms with E-state index in [0.717, 1.165) is 0 Å². The Morgan fingerprint density at radius 3 is 2.61 bits per heavy atom. The zero-order valence-electron chi connectivity index (χ0n) is 19.2. The van der Waals surface area contributed by atoms with Gasteiger partial charge in [-0.3, -0.25) is 19.2 Å². The number of aromatic nitrogens is 2. The number of hydrogen-bond acceptors (Lipinski definition) is 6. The molecule has 3 aliphatic heterocycles. The Bertz CT molecular complexity index is 1220. The van der Waals surface area contributed by atoms with Crippen LogP contribution in [0.2, 0.25) is 0 Å². The first-order chi connectivity index (χ1) is 17.1. The average Bonchev–Trinajstić information content (AvgIpc) is 3.21. The number of hydrogen-bond donors (Lipinski definition) is 2. The summed E-state index contributed by atoms with van der Waals surface area (Å²) in [6, 6.07) is -0.703. The SMILES string of the molecule is C[C@H]1Cn2ncc(N3CC4COCC(C3=O)N4CC(=O)O)c2CN1C(=O)Nc1cc(F)c(F)c(F)c1. The molecule has 1 aromatic heterocycles. The van der Waals surface area contributed by atoms with Gasteiger partial charge in [-0.1, -0.05) is 0 Å². The van der Waals surface area contributed by atoms with Crippen LogP contribution in [0, 0.1) is 17.5 Å². The van der Waals surface area contributed by atoms with Crippen molar-refractivity contribution in [3.63, 3.8) is 0 Å². The molecule has 14 heteroatoms. The van der Waals surface area contributed by atoms with Gasteiger partial charge in [-0.05, 0) is 6.92 Å². The van der Waals surface area contributed by atoms with Crippen molar-refractivity contribution in [2.45, 2.75) is 38.1 Å². The molecular formula is C22H23F3N6O5. The summed E-state index contributed by atoms with van der Waals surface area (Å²) in [7, 11) is 0. The van der Waals surface area contributed by atoms with Crippen LogP contribution in [0.4, 0.5) is 29.3 Å². The molecule has 0 aliphatic carbocycles. The first-order valence-corrected chi connectivity index (χ1v) is 11.3. The molecule has 3 amide bonds. The van der Waals surface area contributed by atoms with E-state index in [1.54, 1.807) is 21.4 Å². The number of ether oxygens (including phenoxy) is 1. The monoisotopic (exact) mass is 508 g/mol. The van der Waals surface area contributed by atoms with Gasteiger partial charge in [0.05, 0.1) is 62.5 Å². The topological polar surface area (TPSA) is 120 Å². The standard InChI is InChI=1S/C22H23F3N6O5/c1-11-5-31-17(7-28(11)22(35)27-12-2-14(23)20(25)15(24)3-12)16(4-26-31)30-6-13-9-36-10-18(21(30)34)29(13)8-19(32)33/h2-4,11,13,18H,5-10H2,1H3,(H,27,35)(H,32,33)/t11-,13?,18?/m0/s1. The number of urea groups is 1. The molecule has 5 rings (SSSR count). The summed E-state index contributed by atoms with van der Waals surface area (Å²) in [6.07, 6.45) is 1.54. The van der Waals surface area contributed by atoms with E-state index in [0.29, 0.717) is 30.1 Å². The lowest BCUT2D eigenvalue weighted by atomic mass is 10.0. The number of nitrogens with one attached hydrogen (secondary N) is 1. The Morgan fingerprint density at radius 2 is 1.92 bits per heavy atom. The first kappa shape index (κ1) is 24.1. The molecule has 4 heterocycles. The molecule has 1 aromatic carbocycles. The Balaban J connectivity index is 1.37. The highest BCUT2D eigenvalue weighted by atomic mass is 19.2. The molecule has 3 aliphatic rings. The number of aliphatic carboxylic acids is 1. The Morgan fingerprint density at radius 1 is 1.19 bits per heavy atom. The van der Waals surface area contributed by atoms with E-state index < -0.39 is 35.5 Å². The van der Waals surface area contributed by atoms with Gasteiger partial charge in [-0.2, -0.15) is 5.10 Å². The van der Waals surface area contributed by atoms with Crippen molar-refractivity contribution < 1.29 is 37.4 Å². The number of carbonyl (C=O) groups excluding carboxylic acids is 2. The summed E-state index contributed by atoms with van der Waals surface area (Å²) in [6.45, 7) is 2.37. The molecule has 2 aromatic rings. The second kappa shape index (κ2) is 9.09. The van der Waals surface area contributed by atoms with Gasteiger partial charge in [0.25, 0.3) is 0 Å². The van der Waals surface area contributed by atoms with Crippen molar-refractivity contribution in [1.29, 1.82) is 0 Å². The predicted octanol–water partition coefficient (Wildman–Crippen LogP) is 1.24. The van der Waals surface area contributed by atoms with Crippen molar-refractivity contribution in [3.8, 4) is 0 Å². The fourth-order valence-electron chi connectivity index (χ4n) is 4.93. The van der Waals surface area contributed by atoms with E-state index >= 15 is 0 Å². The van der Waals surface area contributed by atoms with Crippen molar-refractivity contribution in [3.05, 3.63) is 41.5 Å². The molecular weight excluding hydrogens is 485 g/mol. The van der Waals surface area contributed by atoms with Gasteiger partial charge in [-0.15, -0.1) is 0 Å². The quantitative estimate of drug-likeness (QED) is 0.597. The highest BCUT2D eigenvalue weighted by Crippen LogP contribution is 2.32. The second-order valence-electron chi connectivity index (χ2n) is 9.04. The molecule has 11 nitrogen and oxygen atoms in total. The lowest BCUT2D eigenvalue weighted by Gasteiger charge is -2.48. The minimum Gasteiger partial charge on any atom is -0.480 e. The summed E-state index contributed by atoms with van der Waals surface area (Å²) in [5.74, 6) is -5.83. The Kier molecular flexibility index (Phi) is 6.08. The number of morpholine rings is 1. The number of carbonyl (C=O) groups is 3. The fraction of sp³-hybridized carbons (Fsp3) is 0.455. The van der Waals surface area contributed by atoms with Crippen molar-refractivity contribution in [1.82, 2.24) is 19.6 Å². The van der Waals surface area contributed by atoms with Gasteiger partial charge in [0.1, 0.15) is 6.04 Å². The molecule has 2 unspecified atom stereocenters. The van der Waals surface area contributed by atoms with Crippen LogP contribution in [0.5, 0.6) is 0 Å². The number of anilines is 2. The minimum atomic E-state index is -1.63.